The zero-order chi connectivity index (χ0) is 18.6. The highest BCUT2D eigenvalue weighted by molar-refractivity contribution is 5.89. The maximum Gasteiger partial charge on any atom is 0.121 e. The fourth-order valence-corrected chi connectivity index (χ4v) is 3.35. The zero-order valence-electron chi connectivity index (χ0n) is 15.2. The molecule has 0 saturated heterocycles. The summed E-state index contributed by atoms with van der Waals surface area (Å²) in [6, 6.07) is 29.9. The zero-order valence-corrected chi connectivity index (χ0v) is 15.2. The van der Waals surface area contributed by atoms with E-state index in [2.05, 4.69) is 37.3 Å². The molecule has 1 unspecified atom stereocenters. The monoisotopic (exact) mass is 351 g/mol. The van der Waals surface area contributed by atoms with Crippen molar-refractivity contribution in [3.63, 3.8) is 0 Å². The van der Waals surface area contributed by atoms with Gasteiger partial charge in [0.2, 0.25) is 0 Å². The van der Waals surface area contributed by atoms with Gasteiger partial charge in [-0.15, -0.1) is 0 Å². The van der Waals surface area contributed by atoms with Crippen LogP contribution in [-0.4, -0.2) is 11.3 Å². The summed E-state index contributed by atoms with van der Waals surface area (Å²) in [6.07, 6.45) is 1.88. The molecular weight excluding hydrogens is 330 g/mol. The molecule has 1 atom stereocenters. The first kappa shape index (κ1) is 17.0. The highest BCUT2D eigenvalue weighted by atomic mass is 16.3. The Labute approximate surface area is 159 Å². The van der Waals surface area contributed by atoms with Crippen LogP contribution in [0.25, 0.3) is 10.8 Å². The Morgan fingerprint density at radius 3 is 2.26 bits per heavy atom. The first-order valence-electron chi connectivity index (χ1n) is 9.08. The average molecular weight is 351 g/mol. The van der Waals surface area contributed by atoms with Crippen LogP contribution in [0, 0.1) is 6.92 Å². The summed E-state index contributed by atoms with van der Waals surface area (Å²) in [7, 11) is 0. The van der Waals surface area contributed by atoms with E-state index in [1.807, 2.05) is 60.8 Å². The molecule has 4 aromatic rings. The van der Waals surface area contributed by atoms with Crippen LogP contribution in [0.1, 0.15) is 28.3 Å². The van der Waals surface area contributed by atoms with Gasteiger partial charge in [0.15, 0.2) is 0 Å². The van der Waals surface area contributed by atoms with Gasteiger partial charge in [0, 0.05) is 11.8 Å². The molecule has 2 nitrogen and oxygen atoms in total. The lowest BCUT2D eigenvalue weighted by molar-refractivity contribution is 0.467. The van der Waals surface area contributed by atoms with Gasteiger partial charge >= 0.3 is 0 Å². The van der Waals surface area contributed by atoms with Crippen molar-refractivity contribution in [2.75, 3.05) is 0 Å². The van der Waals surface area contributed by atoms with Gasteiger partial charge in [0.05, 0.1) is 0 Å². The van der Waals surface area contributed by atoms with Gasteiger partial charge in [0.1, 0.15) is 11.8 Å². The van der Waals surface area contributed by atoms with Crippen molar-refractivity contribution in [1.82, 2.24) is 0 Å². The number of phenolic OH excluding ortho intramolecular Hbond substituents is 1. The van der Waals surface area contributed by atoms with Crippen molar-refractivity contribution < 1.29 is 5.11 Å². The first-order chi connectivity index (χ1) is 13.2. The molecule has 4 aromatic carbocycles. The molecule has 0 aliphatic heterocycles. The molecule has 0 spiro atoms. The number of benzene rings is 4. The second kappa shape index (κ2) is 7.46. The van der Waals surface area contributed by atoms with E-state index < -0.39 is 0 Å². The van der Waals surface area contributed by atoms with Crippen LogP contribution in [0.5, 0.6) is 5.75 Å². The third-order valence-electron chi connectivity index (χ3n) is 4.79. The Balaban J connectivity index is 1.89. The van der Waals surface area contributed by atoms with Crippen LogP contribution in [-0.2, 0) is 0 Å². The van der Waals surface area contributed by atoms with E-state index in [1.54, 1.807) is 6.07 Å². The van der Waals surface area contributed by atoms with E-state index in [1.165, 1.54) is 5.56 Å². The SMILES string of the molecule is Cc1ccc(C(N=Cc2ccccc2)c2c(O)ccc3ccccc23)cc1. The van der Waals surface area contributed by atoms with Crippen LogP contribution in [0.2, 0.25) is 0 Å². The molecule has 1 N–H and O–H groups in total. The second-order valence-electron chi connectivity index (χ2n) is 6.72. The van der Waals surface area contributed by atoms with Gasteiger partial charge < -0.3 is 5.11 Å². The molecule has 0 heterocycles. The fourth-order valence-electron chi connectivity index (χ4n) is 3.35. The van der Waals surface area contributed by atoms with E-state index in [0.29, 0.717) is 0 Å². The molecule has 0 radical (unpaired) electrons. The summed E-state index contributed by atoms with van der Waals surface area (Å²) in [5.41, 5.74) is 4.13. The number of aliphatic imine (C=N–C) groups is 1. The van der Waals surface area contributed by atoms with Crippen molar-refractivity contribution in [2.45, 2.75) is 13.0 Å². The predicted octanol–water partition coefficient (Wildman–Crippen LogP) is 6.06. The maximum atomic E-state index is 10.7. The van der Waals surface area contributed by atoms with Crippen molar-refractivity contribution in [3.05, 3.63) is 113 Å². The molecule has 27 heavy (non-hydrogen) atoms. The smallest absolute Gasteiger partial charge is 0.121 e. The van der Waals surface area contributed by atoms with E-state index in [9.17, 15) is 5.11 Å². The van der Waals surface area contributed by atoms with Crippen LogP contribution in [0.4, 0.5) is 0 Å². The summed E-state index contributed by atoms with van der Waals surface area (Å²) >= 11 is 0. The summed E-state index contributed by atoms with van der Waals surface area (Å²) in [6.45, 7) is 2.07. The van der Waals surface area contributed by atoms with Crippen molar-refractivity contribution >= 4 is 17.0 Å². The minimum absolute atomic E-state index is 0.268. The molecule has 132 valence electrons. The number of phenols is 1. The minimum Gasteiger partial charge on any atom is -0.508 e. The molecule has 0 aliphatic rings. The predicted molar refractivity (Wildman–Crippen MR) is 113 cm³/mol. The first-order valence-corrected chi connectivity index (χ1v) is 9.08. The van der Waals surface area contributed by atoms with Crippen LogP contribution >= 0.6 is 0 Å². The normalized spacial score (nSPS) is 12.5. The quantitative estimate of drug-likeness (QED) is 0.445. The van der Waals surface area contributed by atoms with Crippen molar-refractivity contribution in [2.24, 2.45) is 4.99 Å². The average Bonchev–Trinajstić information content (AvgIpc) is 2.71. The number of aromatic hydroxyl groups is 1. The molecule has 2 heteroatoms. The number of hydrogen-bond donors (Lipinski definition) is 1. The molecular formula is C25H21NO. The van der Waals surface area contributed by atoms with E-state index in [0.717, 1.165) is 27.5 Å². The lowest BCUT2D eigenvalue weighted by atomic mass is 9.92. The van der Waals surface area contributed by atoms with Crippen LogP contribution < -0.4 is 0 Å². The molecule has 0 bridgehead atoms. The van der Waals surface area contributed by atoms with Gasteiger partial charge in [0.25, 0.3) is 0 Å². The third kappa shape index (κ3) is 3.61. The molecule has 0 aromatic heterocycles. The molecule has 0 aliphatic carbocycles. The number of aryl methyl sites for hydroxylation is 1. The van der Waals surface area contributed by atoms with Gasteiger partial charge in [-0.25, -0.2) is 0 Å². The number of rotatable bonds is 4. The molecule has 0 amide bonds. The minimum atomic E-state index is -0.281. The Kier molecular flexibility index (Phi) is 4.71. The van der Waals surface area contributed by atoms with Crippen molar-refractivity contribution in [3.8, 4) is 5.75 Å². The summed E-state index contributed by atoms with van der Waals surface area (Å²) in [4.78, 5) is 4.89. The Morgan fingerprint density at radius 2 is 1.48 bits per heavy atom. The van der Waals surface area contributed by atoms with Crippen LogP contribution in [0.3, 0.4) is 0 Å². The van der Waals surface area contributed by atoms with Gasteiger partial charge in [-0.2, -0.15) is 0 Å². The fraction of sp³-hybridized carbons (Fsp3) is 0.0800. The molecule has 4 rings (SSSR count). The molecule has 0 fully saturated rings. The number of nitrogens with zero attached hydrogens (tertiary/aromatic N) is 1. The Bertz CT molecular complexity index is 1080. The lowest BCUT2D eigenvalue weighted by Gasteiger charge is -2.18. The Hall–Kier alpha value is -3.39. The van der Waals surface area contributed by atoms with Gasteiger partial charge in [-0.3, -0.25) is 4.99 Å². The Morgan fingerprint density at radius 1 is 0.778 bits per heavy atom. The largest absolute Gasteiger partial charge is 0.508 e. The summed E-state index contributed by atoms with van der Waals surface area (Å²) in [5, 5.41) is 12.8. The number of hydrogen-bond acceptors (Lipinski definition) is 2. The van der Waals surface area contributed by atoms with E-state index in [4.69, 9.17) is 4.99 Å². The van der Waals surface area contributed by atoms with E-state index in [-0.39, 0.29) is 11.8 Å². The summed E-state index contributed by atoms with van der Waals surface area (Å²) < 4.78 is 0. The highest BCUT2D eigenvalue weighted by Crippen LogP contribution is 2.38. The summed E-state index contributed by atoms with van der Waals surface area (Å²) in [5.74, 6) is 0.268. The lowest BCUT2D eigenvalue weighted by Crippen LogP contribution is -2.01. The van der Waals surface area contributed by atoms with Crippen molar-refractivity contribution in [1.29, 1.82) is 0 Å². The van der Waals surface area contributed by atoms with E-state index >= 15 is 0 Å². The topological polar surface area (TPSA) is 32.6 Å². The van der Waals surface area contributed by atoms with Gasteiger partial charge in [-0.1, -0.05) is 90.5 Å². The second-order valence-corrected chi connectivity index (χ2v) is 6.72. The highest BCUT2D eigenvalue weighted by Gasteiger charge is 2.19. The van der Waals surface area contributed by atoms with Crippen LogP contribution in [0.15, 0.2) is 96.0 Å². The molecule has 0 saturated carbocycles. The number of fused-ring (bicyclic) bond motifs is 1. The van der Waals surface area contributed by atoms with Gasteiger partial charge in [-0.05, 0) is 34.9 Å². The third-order valence-corrected chi connectivity index (χ3v) is 4.79. The standard InChI is InChI=1S/C25H21NO/c1-18-11-13-21(14-12-18)25(26-17-19-7-3-2-4-8-19)24-22-10-6-5-9-20(22)15-16-23(24)27/h2-17,25,27H,1H3. The maximum absolute atomic E-state index is 10.7.